The average molecular weight is 477 g/mol. The summed E-state index contributed by atoms with van der Waals surface area (Å²) >= 11 is 0. The van der Waals surface area contributed by atoms with Crippen LogP contribution in [0.2, 0.25) is 0 Å². The van der Waals surface area contributed by atoms with E-state index in [2.05, 4.69) is 0 Å². The molecule has 0 radical (unpaired) electrons. The third-order valence-corrected chi connectivity index (χ3v) is 7.39. The minimum absolute atomic E-state index is 0.0950. The van der Waals surface area contributed by atoms with Crippen molar-refractivity contribution >= 4 is 29.2 Å². The maximum Gasteiger partial charge on any atom is 0.273 e. The zero-order chi connectivity index (χ0) is 24.9. The Balaban J connectivity index is 1.50. The van der Waals surface area contributed by atoms with Crippen LogP contribution in [0.15, 0.2) is 48.5 Å². The lowest BCUT2D eigenvalue weighted by Crippen LogP contribution is -2.52. The summed E-state index contributed by atoms with van der Waals surface area (Å²) in [7, 11) is 1.49. The van der Waals surface area contributed by atoms with Crippen molar-refractivity contribution in [2.45, 2.75) is 19.3 Å². The molecule has 2 aromatic carbocycles. The highest BCUT2D eigenvalue weighted by Gasteiger charge is 2.62. The van der Waals surface area contributed by atoms with Gasteiger partial charge in [0.05, 0.1) is 23.9 Å². The molecule has 1 saturated heterocycles. The number of carbonyl (C=O) groups excluding carboxylic acids is 4. The zero-order valence-electron chi connectivity index (χ0n) is 19.0. The summed E-state index contributed by atoms with van der Waals surface area (Å²) in [5.74, 6) is -2.52. The number of benzene rings is 2. The molecule has 2 aromatic rings. The number of nitrogens with zero attached hydrogens (tertiary/aromatic N) is 3. The number of hydrogen-bond acceptors (Lipinski definition) is 7. The summed E-state index contributed by atoms with van der Waals surface area (Å²) in [6.45, 7) is -0.569. The van der Waals surface area contributed by atoms with Crippen LogP contribution in [-0.2, 0) is 9.59 Å². The van der Waals surface area contributed by atoms with Gasteiger partial charge in [-0.1, -0.05) is 6.07 Å². The van der Waals surface area contributed by atoms with Crippen LogP contribution in [-0.4, -0.2) is 52.1 Å². The summed E-state index contributed by atoms with van der Waals surface area (Å²) in [6.07, 6.45) is 2.55. The molecule has 0 spiro atoms. The molecule has 35 heavy (non-hydrogen) atoms. The first-order chi connectivity index (χ1) is 16.8. The smallest absolute Gasteiger partial charge is 0.273 e. The van der Waals surface area contributed by atoms with E-state index in [4.69, 9.17) is 4.74 Å². The Morgan fingerprint density at radius 2 is 1.66 bits per heavy atom. The molecule has 2 bridgehead atoms. The van der Waals surface area contributed by atoms with Gasteiger partial charge in [-0.25, -0.2) is 5.01 Å². The monoisotopic (exact) mass is 477 g/mol. The number of non-ortho nitro benzene ring substituents is 1. The molecule has 0 aromatic heterocycles. The van der Waals surface area contributed by atoms with Crippen LogP contribution < -0.4 is 4.74 Å². The third-order valence-electron chi connectivity index (χ3n) is 7.39. The van der Waals surface area contributed by atoms with Crippen LogP contribution in [0.5, 0.6) is 5.75 Å². The Hall–Kier alpha value is -4.08. The third kappa shape index (κ3) is 3.74. The summed E-state index contributed by atoms with van der Waals surface area (Å²) in [5.41, 5.74) is -0.143. The topological polar surface area (TPSA) is 127 Å². The van der Waals surface area contributed by atoms with Crippen LogP contribution in [0.3, 0.4) is 0 Å². The van der Waals surface area contributed by atoms with Crippen molar-refractivity contribution in [2.75, 3.05) is 13.7 Å². The van der Waals surface area contributed by atoms with Gasteiger partial charge in [-0.2, -0.15) is 5.01 Å². The van der Waals surface area contributed by atoms with Crippen molar-refractivity contribution in [2.24, 2.45) is 23.7 Å². The van der Waals surface area contributed by atoms with Gasteiger partial charge in [0.25, 0.3) is 23.4 Å². The number of hydrazine groups is 1. The quantitative estimate of drug-likeness (QED) is 0.260. The lowest BCUT2D eigenvalue weighted by molar-refractivity contribution is -0.384. The number of nitro groups is 1. The minimum Gasteiger partial charge on any atom is -0.497 e. The van der Waals surface area contributed by atoms with E-state index in [0.29, 0.717) is 5.75 Å². The maximum absolute atomic E-state index is 13.5. The molecule has 180 valence electrons. The predicted octanol–water partition coefficient (Wildman–Crippen LogP) is 2.87. The fourth-order valence-electron chi connectivity index (χ4n) is 5.77. The molecular formula is C25H23N3O7. The lowest BCUT2D eigenvalue weighted by Gasteiger charge is -2.30. The van der Waals surface area contributed by atoms with E-state index in [1.54, 1.807) is 12.1 Å². The lowest BCUT2D eigenvalue weighted by atomic mass is 9.81. The molecule has 10 nitrogen and oxygen atoms in total. The van der Waals surface area contributed by atoms with Crippen LogP contribution in [0.1, 0.15) is 40.0 Å². The van der Waals surface area contributed by atoms with E-state index in [9.17, 15) is 29.3 Å². The van der Waals surface area contributed by atoms with Gasteiger partial charge in [0, 0.05) is 23.3 Å². The molecule has 0 N–H and O–H groups in total. The second kappa shape index (κ2) is 8.61. The molecule has 1 aliphatic heterocycles. The molecule has 10 heteroatoms. The van der Waals surface area contributed by atoms with Gasteiger partial charge < -0.3 is 4.74 Å². The highest BCUT2D eigenvalue weighted by Crippen LogP contribution is 2.56. The van der Waals surface area contributed by atoms with Crippen molar-refractivity contribution in [1.29, 1.82) is 0 Å². The first-order valence-electron chi connectivity index (χ1n) is 11.4. The fraction of sp³-hybridized carbons (Fsp3) is 0.360. The highest BCUT2D eigenvalue weighted by molar-refractivity contribution is 6.10. The van der Waals surface area contributed by atoms with E-state index >= 15 is 0 Å². The molecule has 5 rings (SSSR count). The number of carbonyl (C=O) groups is 4. The first-order valence-corrected chi connectivity index (χ1v) is 11.4. The van der Waals surface area contributed by atoms with Gasteiger partial charge in [0.2, 0.25) is 0 Å². The normalized spacial score (nSPS) is 24.4. The Morgan fingerprint density at radius 1 is 1.03 bits per heavy atom. The molecular weight excluding hydrogens is 454 g/mol. The Kier molecular flexibility index (Phi) is 5.58. The maximum atomic E-state index is 13.5. The van der Waals surface area contributed by atoms with Gasteiger partial charge in [-0.05, 0) is 61.4 Å². The van der Waals surface area contributed by atoms with Crippen LogP contribution >= 0.6 is 0 Å². The van der Waals surface area contributed by atoms with Gasteiger partial charge in [0.1, 0.15) is 12.3 Å². The molecule has 0 unspecified atom stereocenters. The summed E-state index contributed by atoms with van der Waals surface area (Å²) in [5, 5.41) is 12.9. The number of amides is 3. The number of ketones is 1. The van der Waals surface area contributed by atoms with E-state index in [0.717, 1.165) is 35.3 Å². The van der Waals surface area contributed by atoms with Gasteiger partial charge in [-0.15, -0.1) is 0 Å². The van der Waals surface area contributed by atoms with Crippen LogP contribution in [0.25, 0.3) is 0 Å². The van der Waals surface area contributed by atoms with Gasteiger partial charge in [-0.3, -0.25) is 29.3 Å². The second-order valence-corrected chi connectivity index (χ2v) is 9.19. The Bertz CT molecular complexity index is 1210. The summed E-state index contributed by atoms with van der Waals surface area (Å²) in [4.78, 5) is 64.1. The van der Waals surface area contributed by atoms with E-state index in [1.807, 2.05) is 0 Å². The SMILES string of the molecule is COc1ccc(C(=O)CN(C(=O)c2cccc([N+](=O)[O-])c2)N2C(=O)[C@@H]3[C@H]4CC[C@@H](C4)[C@H]3C2=O)cc1. The van der Waals surface area contributed by atoms with E-state index in [1.165, 1.54) is 37.4 Å². The molecule has 3 amide bonds. The highest BCUT2D eigenvalue weighted by atomic mass is 16.6. The summed E-state index contributed by atoms with van der Waals surface area (Å²) < 4.78 is 5.11. The van der Waals surface area contributed by atoms with Crippen LogP contribution in [0.4, 0.5) is 5.69 Å². The molecule has 2 saturated carbocycles. The van der Waals surface area contributed by atoms with Gasteiger partial charge >= 0.3 is 0 Å². The first kappa shape index (κ1) is 22.7. The molecule has 3 aliphatic rings. The summed E-state index contributed by atoms with van der Waals surface area (Å²) in [6, 6.07) is 11.2. The van der Waals surface area contributed by atoms with Crippen molar-refractivity contribution in [3.05, 3.63) is 69.8 Å². The molecule has 4 atom stereocenters. The number of fused-ring (bicyclic) bond motifs is 5. The number of rotatable bonds is 7. The Morgan fingerprint density at radius 3 is 2.23 bits per heavy atom. The number of nitro benzene ring substituents is 1. The van der Waals surface area contributed by atoms with Crippen LogP contribution in [0, 0.1) is 33.8 Å². The van der Waals surface area contributed by atoms with Crippen molar-refractivity contribution < 1.29 is 28.8 Å². The molecule has 2 aliphatic carbocycles. The van der Waals surface area contributed by atoms with Gasteiger partial charge in [0.15, 0.2) is 5.78 Å². The molecule has 1 heterocycles. The second-order valence-electron chi connectivity index (χ2n) is 9.19. The van der Waals surface area contributed by atoms with Crippen molar-refractivity contribution in [3.63, 3.8) is 0 Å². The number of Topliss-reactive ketones (excluding diaryl/α,β-unsaturated/α-hetero) is 1. The predicted molar refractivity (Wildman–Crippen MR) is 121 cm³/mol. The number of ether oxygens (including phenoxy) is 1. The molecule has 3 fully saturated rings. The zero-order valence-corrected chi connectivity index (χ0v) is 19.0. The fourth-order valence-corrected chi connectivity index (χ4v) is 5.77. The largest absolute Gasteiger partial charge is 0.497 e. The number of imide groups is 1. The van der Waals surface area contributed by atoms with E-state index < -0.39 is 46.8 Å². The average Bonchev–Trinajstić information content (AvgIpc) is 3.56. The van der Waals surface area contributed by atoms with E-state index in [-0.39, 0.29) is 28.7 Å². The minimum atomic E-state index is -0.829. The van der Waals surface area contributed by atoms with Crippen molar-refractivity contribution in [3.8, 4) is 5.75 Å². The number of hydrogen-bond donors (Lipinski definition) is 0. The number of methoxy groups -OCH3 is 1. The standard InChI is InChI=1S/C25H23N3O7/c1-35-19-9-7-14(8-10-19)20(29)13-26(23(30)17-3-2-4-18(12-17)28(33)34)27-24(31)21-15-5-6-16(11-15)22(21)25(27)32/h2-4,7-10,12,15-16,21-22H,5-6,11,13H2,1H3/t15-,16-,21+,22+/m0/s1. The Labute approximate surface area is 200 Å². The van der Waals surface area contributed by atoms with Crippen molar-refractivity contribution in [1.82, 2.24) is 10.0 Å².